The van der Waals surface area contributed by atoms with Crippen LogP contribution in [0.4, 0.5) is 0 Å². The summed E-state index contributed by atoms with van der Waals surface area (Å²) in [5.74, 6) is -1.21. The fourth-order valence-corrected chi connectivity index (χ4v) is 0.551. The number of carboxylic acids is 1. The standard InChI is InChI=1S/C6H12O3Si/c1-3-6(10,4(2)7)5(8)9/h3H2,1-2,10H3,(H,8,9). The van der Waals surface area contributed by atoms with Crippen LogP contribution < -0.4 is 0 Å². The summed E-state index contributed by atoms with van der Waals surface area (Å²) in [5, 5.41) is 7.58. The first-order valence-corrected chi connectivity index (χ1v) is 4.19. The molecular formula is C6H12O3Si. The predicted molar refractivity (Wildman–Crippen MR) is 41.2 cm³/mol. The van der Waals surface area contributed by atoms with Crippen molar-refractivity contribution >= 4 is 22.0 Å². The van der Waals surface area contributed by atoms with Crippen molar-refractivity contribution in [3.63, 3.8) is 0 Å². The normalized spacial score (nSPS) is 16.2. The van der Waals surface area contributed by atoms with E-state index in [1.165, 1.54) is 6.92 Å². The van der Waals surface area contributed by atoms with Crippen LogP contribution >= 0.6 is 0 Å². The summed E-state index contributed by atoms with van der Waals surface area (Å²) in [6, 6.07) is 0. The second-order valence-electron chi connectivity index (χ2n) is 2.55. The highest BCUT2D eigenvalue weighted by atomic mass is 28.1. The monoisotopic (exact) mass is 160 g/mol. The van der Waals surface area contributed by atoms with E-state index in [-0.39, 0.29) is 5.78 Å². The van der Waals surface area contributed by atoms with Crippen molar-refractivity contribution in [2.24, 2.45) is 0 Å². The molecule has 1 unspecified atom stereocenters. The van der Waals surface area contributed by atoms with Crippen LogP contribution in [0.5, 0.6) is 0 Å². The molecule has 0 aromatic carbocycles. The molecule has 0 saturated heterocycles. The molecule has 0 aliphatic heterocycles. The van der Waals surface area contributed by atoms with E-state index in [0.29, 0.717) is 16.7 Å². The number of carbonyl (C=O) groups excluding carboxylic acids is 1. The first-order chi connectivity index (χ1) is 4.45. The second-order valence-corrected chi connectivity index (χ2v) is 4.25. The zero-order valence-corrected chi connectivity index (χ0v) is 8.47. The smallest absolute Gasteiger partial charge is 0.313 e. The third kappa shape index (κ3) is 1.44. The minimum absolute atomic E-state index is 0.228. The quantitative estimate of drug-likeness (QED) is 0.451. The maximum Gasteiger partial charge on any atom is 0.313 e. The highest BCUT2D eigenvalue weighted by Crippen LogP contribution is 2.26. The fourth-order valence-electron chi connectivity index (χ4n) is 0.551. The van der Waals surface area contributed by atoms with E-state index in [0.717, 1.165) is 0 Å². The van der Waals surface area contributed by atoms with E-state index >= 15 is 0 Å². The summed E-state index contributed by atoms with van der Waals surface area (Å²) < 4.78 is 0. The molecule has 0 amide bonds. The molecular weight excluding hydrogens is 148 g/mol. The summed E-state index contributed by atoms with van der Waals surface area (Å²) in [6.07, 6.45) is 0.407. The van der Waals surface area contributed by atoms with E-state index in [9.17, 15) is 9.59 Å². The molecule has 0 fully saturated rings. The molecule has 58 valence electrons. The third-order valence-electron chi connectivity index (χ3n) is 1.96. The molecule has 4 heteroatoms. The van der Waals surface area contributed by atoms with Gasteiger partial charge in [0, 0.05) is 10.2 Å². The number of carboxylic acid groups (broad SMARTS) is 1. The van der Waals surface area contributed by atoms with Crippen molar-refractivity contribution in [3.05, 3.63) is 0 Å². The maximum atomic E-state index is 10.8. The van der Waals surface area contributed by atoms with Gasteiger partial charge in [0.15, 0.2) is 0 Å². The first kappa shape index (κ1) is 9.36. The van der Waals surface area contributed by atoms with Crippen LogP contribution in [-0.2, 0) is 9.59 Å². The Balaban J connectivity index is 4.55. The first-order valence-electron chi connectivity index (χ1n) is 3.19. The van der Waals surface area contributed by atoms with Gasteiger partial charge in [-0.15, -0.1) is 0 Å². The SMILES string of the molecule is CCC([SiH3])(C(C)=O)C(=O)O. The zero-order chi connectivity index (χ0) is 8.36. The summed E-state index contributed by atoms with van der Waals surface area (Å²) in [7, 11) is 0.389. The van der Waals surface area contributed by atoms with Crippen molar-refractivity contribution < 1.29 is 14.7 Å². The molecule has 10 heavy (non-hydrogen) atoms. The molecule has 1 N–H and O–H groups in total. The van der Waals surface area contributed by atoms with E-state index < -0.39 is 11.0 Å². The summed E-state index contributed by atoms with van der Waals surface area (Å²) in [4.78, 5) is 21.3. The van der Waals surface area contributed by atoms with Crippen LogP contribution in [0.3, 0.4) is 0 Å². The number of Topliss-reactive ketones (excluding diaryl/α,β-unsaturated/α-hetero) is 1. The number of hydrogen-bond acceptors (Lipinski definition) is 2. The average molecular weight is 160 g/mol. The molecule has 0 radical (unpaired) electrons. The summed E-state index contributed by atoms with van der Waals surface area (Å²) >= 11 is 0. The number of rotatable bonds is 3. The molecule has 0 rings (SSSR count). The predicted octanol–water partition coefficient (Wildman–Crippen LogP) is -0.406. The van der Waals surface area contributed by atoms with Crippen LogP contribution in [0.25, 0.3) is 0 Å². The van der Waals surface area contributed by atoms with Crippen LogP contribution in [-0.4, -0.2) is 27.1 Å². The lowest BCUT2D eigenvalue weighted by molar-refractivity contribution is -0.144. The topological polar surface area (TPSA) is 54.4 Å². The molecule has 0 aromatic heterocycles. The van der Waals surface area contributed by atoms with Crippen molar-refractivity contribution in [2.75, 3.05) is 0 Å². The van der Waals surface area contributed by atoms with Crippen LogP contribution in [0.15, 0.2) is 0 Å². The van der Waals surface area contributed by atoms with Gasteiger partial charge in [-0.2, -0.15) is 0 Å². The van der Waals surface area contributed by atoms with Gasteiger partial charge in [0.1, 0.15) is 10.8 Å². The summed E-state index contributed by atoms with van der Waals surface area (Å²) in [6.45, 7) is 3.06. The highest BCUT2D eigenvalue weighted by Gasteiger charge is 2.35. The molecule has 0 aliphatic carbocycles. The zero-order valence-electron chi connectivity index (χ0n) is 6.47. The molecule has 0 spiro atoms. The van der Waals surface area contributed by atoms with Gasteiger partial charge in [-0.25, -0.2) is 0 Å². The van der Waals surface area contributed by atoms with Crippen molar-refractivity contribution in [1.29, 1.82) is 0 Å². The van der Waals surface area contributed by atoms with E-state index in [2.05, 4.69) is 0 Å². The second kappa shape index (κ2) is 2.96. The lowest BCUT2D eigenvalue weighted by Gasteiger charge is -2.18. The highest BCUT2D eigenvalue weighted by molar-refractivity contribution is 6.39. The van der Waals surface area contributed by atoms with E-state index in [1.807, 2.05) is 0 Å². The minimum Gasteiger partial charge on any atom is -0.481 e. The largest absolute Gasteiger partial charge is 0.481 e. The molecule has 0 bridgehead atoms. The Morgan fingerprint density at radius 1 is 1.60 bits per heavy atom. The maximum absolute atomic E-state index is 10.8. The Morgan fingerprint density at radius 3 is 2.00 bits per heavy atom. The van der Waals surface area contributed by atoms with Gasteiger partial charge in [-0.3, -0.25) is 9.59 Å². The van der Waals surface area contributed by atoms with Gasteiger partial charge in [-0.1, -0.05) is 6.92 Å². The molecule has 0 heterocycles. The molecule has 0 saturated carbocycles. The van der Waals surface area contributed by atoms with Gasteiger partial charge in [0.25, 0.3) is 0 Å². The van der Waals surface area contributed by atoms with Crippen molar-refractivity contribution in [2.45, 2.75) is 25.3 Å². The Kier molecular flexibility index (Phi) is 2.77. The Hall–Kier alpha value is -0.643. The van der Waals surface area contributed by atoms with Crippen molar-refractivity contribution in [1.82, 2.24) is 0 Å². The van der Waals surface area contributed by atoms with Gasteiger partial charge >= 0.3 is 5.97 Å². The van der Waals surface area contributed by atoms with Gasteiger partial charge < -0.3 is 5.11 Å². The number of aliphatic carboxylic acids is 1. The minimum atomic E-state index is -1.04. The lowest BCUT2D eigenvalue weighted by Crippen LogP contribution is -2.30. The Bertz CT molecular complexity index is 150. The van der Waals surface area contributed by atoms with Gasteiger partial charge in [0.2, 0.25) is 0 Å². The van der Waals surface area contributed by atoms with Gasteiger partial charge in [-0.05, 0) is 13.3 Å². The summed E-state index contributed by atoms with van der Waals surface area (Å²) in [5.41, 5.74) is 0. The third-order valence-corrected chi connectivity index (χ3v) is 3.80. The lowest BCUT2D eigenvalue weighted by atomic mass is 10.0. The molecule has 0 aromatic rings. The van der Waals surface area contributed by atoms with E-state index in [4.69, 9.17) is 5.11 Å². The average Bonchev–Trinajstić information content (AvgIpc) is 1.85. The Morgan fingerprint density at radius 2 is 2.00 bits per heavy atom. The molecule has 1 atom stereocenters. The number of hydrogen-bond donors (Lipinski definition) is 1. The molecule has 0 aliphatic rings. The van der Waals surface area contributed by atoms with E-state index in [1.54, 1.807) is 6.92 Å². The Labute approximate surface area is 62.9 Å². The van der Waals surface area contributed by atoms with Crippen LogP contribution in [0.2, 0.25) is 5.04 Å². The fraction of sp³-hybridized carbons (Fsp3) is 0.667. The number of ketones is 1. The van der Waals surface area contributed by atoms with Crippen molar-refractivity contribution in [3.8, 4) is 0 Å². The molecule has 3 nitrogen and oxygen atoms in total. The van der Waals surface area contributed by atoms with Crippen LogP contribution in [0, 0.1) is 0 Å². The number of carbonyl (C=O) groups is 2. The van der Waals surface area contributed by atoms with Crippen LogP contribution in [0.1, 0.15) is 20.3 Å². The van der Waals surface area contributed by atoms with Gasteiger partial charge in [0.05, 0.1) is 0 Å².